The van der Waals surface area contributed by atoms with Gasteiger partial charge in [-0.2, -0.15) is 0 Å². The third kappa shape index (κ3) is 2.50. The molecule has 2 aromatic rings. The molecule has 2 aromatic carbocycles. The highest BCUT2D eigenvalue weighted by molar-refractivity contribution is 5.62. The van der Waals surface area contributed by atoms with E-state index in [-0.39, 0.29) is 24.0 Å². The van der Waals surface area contributed by atoms with Crippen molar-refractivity contribution in [3.05, 3.63) is 59.2 Å². The van der Waals surface area contributed by atoms with Crippen molar-refractivity contribution in [1.82, 2.24) is 4.90 Å². The third-order valence-corrected chi connectivity index (χ3v) is 9.02. The number of aliphatic hydroxyl groups is 1. The van der Waals surface area contributed by atoms with Gasteiger partial charge in [-0.15, -0.1) is 0 Å². The van der Waals surface area contributed by atoms with Crippen LogP contribution in [-0.4, -0.2) is 52.1 Å². The lowest BCUT2D eigenvalue weighted by molar-refractivity contribution is -0.217. The van der Waals surface area contributed by atoms with E-state index >= 15 is 0 Å². The number of aromatic hydroxyl groups is 1. The fourth-order valence-electron chi connectivity index (χ4n) is 7.38. The Morgan fingerprint density at radius 2 is 1.91 bits per heavy atom. The number of ether oxygens (including phenoxy) is 2. The Balaban J connectivity index is 1.29. The maximum absolute atomic E-state index is 12.5. The zero-order chi connectivity index (χ0) is 21.5. The van der Waals surface area contributed by atoms with E-state index in [0.717, 1.165) is 49.4 Å². The molecule has 0 aromatic heterocycles. The van der Waals surface area contributed by atoms with Crippen LogP contribution >= 0.6 is 0 Å². The number of nitrogens with zero attached hydrogens (tertiary/aromatic N) is 1. The van der Waals surface area contributed by atoms with Crippen LogP contribution in [0.1, 0.15) is 48.8 Å². The van der Waals surface area contributed by atoms with Crippen molar-refractivity contribution >= 4 is 0 Å². The van der Waals surface area contributed by atoms with Crippen LogP contribution in [-0.2, 0) is 23.2 Å². The maximum atomic E-state index is 12.5. The second-order valence-corrected chi connectivity index (χ2v) is 10.7. The first kappa shape index (κ1) is 19.4. The van der Waals surface area contributed by atoms with Gasteiger partial charge in [-0.05, 0) is 68.2 Å². The topological polar surface area (TPSA) is 62.2 Å². The second kappa shape index (κ2) is 6.72. The molecule has 0 amide bonds. The zero-order valence-electron chi connectivity index (χ0n) is 18.4. The summed E-state index contributed by atoms with van der Waals surface area (Å²) < 4.78 is 13.0. The van der Waals surface area contributed by atoms with Crippen molar-refractivity contribution < 1.29 is 19.7 Å². The number of benzene rings is 2. The Labute approximate surface area is 189 Å². The van der Waals surface area contributed by atoms with Crippen LogP contribution in [0, 0.1) is 5.92 Å². The van der Waals surface area contributed by atoms with Gasteiger partial charge >= 0.3 is 0 Å². The zero-order valence-corrected chi connectivity index (χ0v) is 18.4. The van der Waals surface area contributed by atoms with E-state index in [0.29, 0.717) is 18.8 Å². The minimum atomic E-state index is -0.844. The molecule has 4 unspecified atom stereocenters. The van der Waals surface area contributed by atoms with Gasteiger partial charge < -0.3 is 19.7 Å². The smallest absolute Gasteiger partial charge is 0.165 e. The standard InChI is InChI=1S/C27H31NO4/c29-20-9-8-19-14-22-27(30)11-10-21(31-16-18-4-2-1-3-5-18)25-26(27,23(19)24(20)32-25)12-13-28(22)15-17-6-7-17/h1-5,8-9,17,21-22,25,29-30H,6-7,10-16H2/t21-,22?,25?,26?,27?/m1/s1. The molecule has 168 valence electrons. The number of piperidine rings is 1. The fourth-order valence-corrected chi connectivity index (χ4v) is 7.38. The predicted molar refractivity (Wildman–Crippen MR) is 120 cm³/mol. The Morgan fingerprint density at radius 3 is 2.72 bits per heavy atom. The summed E-state index contributed by atoms with van der Waals surface area (Å²) in [4.78, 5) is 2.57. The highest BCUT2D eigenvalue weighted by atomic mass is 16.6. The lowest BCUT2D eigenvalue weighted by atomic mass is 9.48. The van der Waals surface area contributed by atoms with Crippen LogP contribution in [0.4, 0.5) is 0 Å². The van der Waals surface area contributed by atoms with Gasteiger partial charge in [-0.3, -0.25) is 4.90 Å². The van der Waals surface area contributed by atoms with Crippen LogP contribution in [0.5, 0.6) is 11.5 Å². The van der Waals surface area contributed by atoms with Crippen LogP contribution < -0.4 is 4.74 Å². The number of hydrogen-bond donors (Lipinski definition) is 2. The molecule has 3 fully saturated rings. The molecule has 2 N–H and O–H groups in total. The Morgan fingerprint density at radius 1 is 1.06 bits per heavy atom. The molecule has 7 rings (SSSR count). The van der Waals surface area contributed by atoms with Crippen molar-refractivity contribution in [2.24, 2.45) is 5.92 Å². The molecule has 3 aliphatic carbocycles. The van der Waals surface area contributed by atoms with E-state index in [1.165, 1.54) is 18.4 Å². The molecular weight excluding hydrogens is 402 g/mol. The normalized spacial score (nSPS) is 37.1. The SMILES string of the molecule is Oc1ccc2c3c1OC1[C@H](OCc4ccccc4)CCC4(O)C(C2)N(CC2CC2)CCC314. The molecule has 0 radical (unpaired) electrons. The lowest BCUT2D eigenvalue weighted by Gasteiger charge is -2.64. The average Bonchev–Trinajstić information content (AvgIpc) is 3.54. The Hall–Kier alpha value is -2.08. The number of phenols is 1. The Kier molecular flexibility index (Phi) is 4.07. The minimum absolute atomic E-state index is 0.108. The van der Waals surface area contributed by atoms with Crippen molar-refractivity contribution in [3.63, 3.8) is 0 Å². The first-order chi connectivity index (χ1) is 15.6. The molecule has 5 aliphatic rings. The maximum Gasteiger partial charge on any atom is 0.165 e. The minimum Gasteiger partial charge on any atom is -0.504 e. The van der Waals surface area contributed by atoms with E-state index in [1.54, 1.807) is 6.07 Å². The molecule has 32 heavy (non-hydrogen) atoms. The average molecular weight is 434 g/mol. The molecule has 1 spiro atoms. The van der Waals surface area contributed by atoms with Crippen LogP contribution in [0.15, 0.2) is 42.5 Å². The van der Waals surface area contributed by atoms with Gasteiger partial charge in [-0.1, -0.05) is 36.4 Å². The van der Waals surface area contributed by atoms with E-state index in [1.807, 2.05) is 18.2 Å². The van der Waals surface area contributed by atoms with Crippen LogP contribution in [0.3, 0.4) is 0 Å². The Bertz CT molecular complexity index is 1050. The van der Waals surface area contributed by atoms with Crippen LogP contribution in [0.2, 0.25) is 0 Å². The molecule has 5 atom stereocenters. The van der Waals surface area contributed by atoms with Crippen molar-refractivity contribution in [2.45, 2.75) is 74.4 Å². The highest BCUT2D eigenvalue weighted by Gasteiger charge is 2.73. The van der Waals surface area contributed by atoms with Gasteiger partial charge in [0.1, 0.15) is 6.10 Å². The molecule has 2 saturated carbocycles. The summed E-state index contributed by atoms with van der Waals surface area (Å²) in [5.41, 5.74) is 2.10. The monoisotopic (exact) mass is 433 g/mol. The first-order valence-corrected chi connectivity index (χ1v) is 12.2. The van der Waals surface area contributed by atoms with Gasteiger partial charge in [0.25, 0.3) is 0 Å². The molecular formula is C27H31NO4. The molecule has 2 heterocycles. The molecule has 2 aliphatic heterocycles. The van der Waals surface area contributed by atoms with E-state index in [9.17, 15) is 10.2 Å². The second-order valence-electron chi connectivity index (χ2n) is 10.7. The summed E-state index contributed by atoms with van der Waals surface area (Å²) in [5, 5.41) is 23.2. The summed E-state index contributed by atoms with van der Waals surface area (Å²) in [6.45, 7) is 2.61. The first-order valence-electron chi connectivity index (χ1n) is 12.2. The number of rotatable bonds is 5. The lowest BCUT2D eigenvalue weighted by Crippen LogP contribution is -2.77. The largest absolute Gasteiger partial charge is 0.504 e. The predicted octanol–water partition coefficient (Wildman–Crippen LogP) is 3.54. The summed E-state index contributed by atoms with van der Waals surface area (Å²) in [7, 11) is 0. The summed E-state index contributed by atoms with van der Waals surface area (Å²) in [6.07, 6.45) is 5.44. The van der Waals surface area contributed by atoms with E-state index in [2.05, 4.69) is 23.1 Å². The van der Waals surface area contributed by atoms with Gasteiger partial charge in [-0.25, -0.2) is 0 Å². The summed E-state index contributed by atoms with van der Waals surface area (Å²) in [5.74, 6) is 1.58. The van der Waals surface area contributed by atoms with E-state index in [4.69, 9.17) is 9.47 Å². The summed E-state index contributed by atoms with van der Waals surface area (Å²) in [6, 6.07) is 14.2. The fraction of sp³-hybridized carbons (Fsp3) is 0.556. The third-order valence-electron chi connectivity index (χ3n) is 9.02. The van der Waals surface area contributed by atoms with Gasteiger partial charge in [0.2, 0.25) is 0 Å². The number of likely N-dealkylation sites (tertiary alicyclic amines) is 1. The molecule has 1 saturated heterocycles. The molecule has 5 heteroatoms. The number of hydrogen-bond acceptors (Lipinski definition) is 5. The van der Waals surface area contributed by atoms with Crippen LogP contribution in [0.25, 0.3) is 0 Å². The van der Waals surface area contributed by atoms with Gasteiger partial charge in [0.15, 0.2) is 11.5 Å². The van der Waals surface area contributed by atoms with Gasteiger partial charge in [0.05, 0.1) is 23.7 Å². The molecule has 2 bridgehead atoms. The van der Waals surface area contributed by atoms with Crippen molar-refractivity contribution in [2.75, 3.05) is 13.1 Å². The summed E-state index contributed by atoms with van der Waals surface area (Å²) >= 11 is 0. The van der Waals surface area contributed by atoms with Crippen molar-refractivity contribution in [3.8, 4) is 11.5 Å². The van der Waals surface area contributed by atoms with Crippen molar-refractivity contribution in [1.29, 1.82) is 0 Å². The molecule has 5 nitrogen and oxygen atoms in total. The van der Waals surface area contributed by atoms with E-state index < -0.39 is 11.0 Å². The number of phenolic OH excluding ortho intramolecular Hbond substituents is 1. The van der Waals surface area contributed by atoms with Gasteiger partial charge in [0, 0.05) is 18.2 Å². The highest BCUT2D eigenvalue weighted by Crippen LogP contribution is 2.65. The quantitative estimate of drug-likeness (QED) is 0.755.